The van der Waals surface area contributed by atoms with E-state index in [1.54, 1.807) is 62.9 Å². The van der Waals surface area contributed by atoms with Gasteiger partial charge in [0, 0.05) is 10.9 Å². The van der Waals surface area contributed by atoms with Crippen LogP contribution in [0, 0.1) is 6.92 Å². The molecule has 11 nitrogen and oxygen atoms in total. The first kappa shape index (κ1) is 30.9. The maximum absolute atomic E-state index is 13.0. The highest BCUT2D eigenvalue weighted by Gasteiger charge is 2.24. The zero-order chi connectivity index (χ0) is 30.8. The third-order valence-corrected chi connectivity index (χ3v) is 6.83. The zero-order valence-electron chi connectivity index (χ0n) is 23.6. The normalized spacial score (nSPS) is 11.0. The zero-order valence-corrected chi connectivity index (χ0v) is 24.4. The number of carboxylic acids is 1. The molecule has 1 N–H and O–H groups in total. The number of methoxy groups -OCH3 is 2. The summed E-state index contributed by atoms with van der Waals surface area (Å²) >= 11 is 1.27. The average molecular weight is 602 g/mol. The summed E-state index contributed by atoms with van der Waals surface area (Å²) in [5.41, 5.74) is 1.58. The Balaban J connectivity index is 1.66. The highest BCUT2D eigenvalue weighted by molar-refractivity contribution is 7.09. The lowest BCUT2D eigenvalue weighted by Gasteiger charge is -2.19. The molecule has 0 spiro atoms. The monoisotopic (exact) mass is 602 g/mol. The highest BCUT2D eigenvalue weighted by Crippen LogP contribution is 2.36. The van der Waals surface area contributed by atoms with Crippen molar-refractivity contribution in [1.82, 2.24) is 4.98 Å². The van der Waals surface area contributed by atoms with Crippen molar-refractivity contribution in [2.45, 2.75) is 26.7 Å². The molecule has 13 heteroatoms. The van der Waals surface area contributed by atoms with Gasteiger partial charge < -0.3 is 33.5 Å². The third-order valence-electron chi connectivity index (χ3n) is 6.05. The molecule has 4 aromatic rings. The lowest BCUT2D eigenvalue weighted by molar-refractivity contribution is -0.129. The number of ether oxygens (including phenoxy) is 4. The van der Waals surface area contributed by atoms with E-state index in [1.807, 2.05) is 24.3 Å². The summed E-state index contributed by atoms with van der Waals surface area (Å²) < 4.78 is 27.2. The van der Waals surface area contributed by atoms with Gasteiger partial charge in [0.1, 0.15) is 42.6 Å². The maximum atomic E-state index is 13.0. The number of thiazole rings is 1. The Morgan fingerprint density at radius 3 is 2.00 bits per heavy atom. The first-order chi connectivity index (χ1) is 20.8. The third kappa shape index (κ3) is 8.04. The Morgan fingerprint density at radius 2 is 1.49 bits per heavy atom. The van der Waals surface area contributed by atoms with Crippen molar-refractivity contribution < 1.29 is 43.1 Å². The van der Waals surface area contributed by atoms with Gasteiger partial charge in [-0.3, -0.25) is 0 Å². The fraction of sp³-hybridized carbons (Fsp3) is 0.200. The Labute approximate surface area is 253 Å². The molecule has 3 aromatic carbocycles. The topological polar surface area (TPSA) is 135 Å². The van der Waals surface area contributed by atoms with E-state index in [4.69, 9.17) is 31.8 Å². The van der Waals surface area contributed by atoms with Gasteiger partial charge >= 0.3 is 20.0 Å². The van der Waals surface area contributed by atoms with Crippen LogP contribution in [0.5, 0.6) is 23.0 Å². The molecule has 0 saturated carbocycles. The minimum absolute atomic E-state index is 0.0541. The van der Waals surface area contributed by atoms with Gasteiger partial charge in [-0.2, -0.15) is 0 Å². The van der Waals surface area contributed by atoms with Crippen LogP contribution in [0.2, 0.25) is 0 Å². The summed E-state index contributed by atoms with van der Waals surface area (Å²) in [6.07, 6.45) is 0. The number of aromatic nitrogens is 1. The number of benzene rings is 3. The molecule has 1 heterocycles. The minimum Gasteiger partial charge on any atom is -0.540 e. The molecule has 0 bridgehead atoms. The summed E-state index contributed by atoms with van der Waals surface area (Å²) in [6.45, 7) is 1.63. The van der Waals surface area contributed by atoms with Crippen molar-refractivity contribution in [2.75, 3.05) is 14.2 Å². The van der Waals surface area contributed by atoms with Crippen LogP contribution in [0.1, 0.15) is 37.7 Å². The van der Waals surface area contributed by atoms with Crippen LogP contribution in [0.25, 0.3) is 0 Å². The van der Waals surface area contributed by atoms with Crippen LogP contribution < -0.4 is 18.9 Å². The number of carbonyl (C=O) groups is 2. The van der Waals surface area contributed by atoms with E-state index in [-0.39, 0.29) is 53.9 Å². The molecule has 0 saturated heterocycles. The van der Waals surface area contributed by atoms with Gasteiger partial charge in [-0.05, 0) is 48.4 Å². The second kappa shape index (κ2) is 14.7. The van der Waals surface area contributed by atoms with Crippen LogP contribution >= 0.6 is 11.3 Å². The second-order valence-corrected chi connectivity index (χ2v) is 9.94. The number of carbonyl (C=O) groups excluding carboxylic acids is 1. The number of carboxylic acid groups (broad SMARTS) is 1. The molecule has 4 rings (SSSR count). The van der Waals surface area contributed by atoms with E-state index in [9.17, 15) is 14.7 Å². The molecular weight excluding hydrogens is 575 g/mol. The van der Waals surface area contributed by atoms with Crippen molar-refractivity contribution in [3.05, 3.63) is 99.0 Å². The minimum atomic E-state index is -1.32. The van der Waals surface area contributed by atoms with Crippen LogP contribution in [0.3, 0.4) is 0 Å². The Morgan fingerprint density at radius 1 is 0.884 bits per heavy atom. The predicted octanol–water partition coefficient (Wildman–Crippen LogP) is 4.87. The van der Waals surface area contributed by atoms with Crippen molar-refractivity contribution in [2.24, 2.45) is 5.16 Å². The van der Waals surface area contributed by atoms with Gasteiger partial charge in [-0.15, -0.1) is 11.3 Å². The fourth-order valence-electron chi connectivity index (χ4n) is 3.86. The van der Waals surface area contributed by atoms with E-state index in [1.165, 1.54) is 11.3 Å². The molecule has 0 aliphatic rings. The van der Waals surface area contributed by atoms with E-state index in [0.29, 0.717) is 16.5 Å². The van der Waals surface area contributed by atoms with Gasteiger partial charge in [0.25, 0.3) is 0 Å². The average Bonchev–Trinajstić information content (AvgIpc) is 3.46. The van der Waals surface area contributed by atoms with Crippen molar-refractivity contribution in [3.63, 3.8) is 0 Å². The molecule has 0 aliphatic carbocycles. The quantitative estimate of drug-likeness (QED) is 0.121. The number of oxime groups is 1. The number of hydrogen-bond acceptors (Lipinski definition) is 11. The first-order valence-electron chi connectivity index (χ1n) is 12.8. The number of aliphatic carboxylic acids is 1. The number of nitrogens with zero attached hydrogens (tertiary/aromatic N) is 2. The maximum Gasteiger partial charge on any atom is 0.378 e. The van der Waals surface area contributed by atoms with Crippen LogP contribution in [-0.2, 0) is 34.1 Å². The van der Waals surface area contributed by atoms with E-state index in [0.717, 1.165) is 11.1 Å². The van der Waals surface area contributed by atoms with Crippen molar-refractivity contribution >= 4 is 37.0 Å². The van der Waals surface area contributed by atoms with Crippen LogP contribution in [0.15, 0.2) is 71.2 Å². The van der Waals surface area contributed by atoms with E-state index < -0.39 is 11.9 Å². The van der Waals surface area contributed by atoms with Crippen molar-refractivity contribution in [1.29, 1.82) is 0 Å². The molecule has 0 aliphatic heterocycles. The molecule has 2 radical (unpaired) electrons. The number of rotatable bonds is 14. The summed E-state index contributed by atoms with van der Waals surface area (Å²) in [4.78, 5) is 34.3. The first-order valence-corrected chi connectivity index (χ1v) is 13.6. The molecule has 220 valence electrons. The molecule has 0 fully saturated rings. The SMILES string of the molecule is [B]OC(=O)c1c(CO/N=C(\C(=O)O)c2csc(C)n2)ccc(OCc2ccc(OC)cc2)c1OCc1ccc(OC)cc1. The Kier molecular flexibility index (Phi) is 10.6. The number of hydrogen-bond donors (Lipinski definition) is 1. The second-order valence-electron chi connectivity index (χ2n) is 8.88. The molecule has 43 heavy (non-hydrogen) atoms. The summed E-state index contributed by atoms with van der Waals surface area (Å²) in [5, 5.41) is 15.6. The summed E-state index contributed by atoms with van der Waals surface area (Å²) in [6, 6.07) is 17.6. The summed E-state index contributed by atoms with van der Waals surface area (Å²) in [7, 11) is 8.44. The summed E-state index contributed by atoms with van der Waals surface area (Å²) in [5.74, 6) is -0.579. The van der Waals surface area contributed by atoms with E-state index >= 15 is 0 Å². The van der Waals surface area contributed by atoms with E-state index in [2.05, 4.69) is 14.8 Å². The molecule has 1 aromatic heterocycles. The molecule has 0 atom stereocenters. The van der Waals surface area contributed by atoms with Gasteiger partial charge in [0.2, 0.25) is 5.71 Å². The van der Waals surface area contributed by atoms with Gasteiger partial charge in [0.05, 0.1) is 19.2 Å². The standard InChI is InChI=1S/C30H27BN2O9S/c1-18-32-24(17-43-18)27(29(34)35)33-41-16-21-8-13-25(39-14-19-4-9-22(37-2)10-5-19)28(26(21)30(36)42-31)40-15-20-6-11-23(38-3)12-7-20/h4-13,17H,14-16H2,1-3H3,(H,34,35)/b33-27-. The van der Waals surface area contributed by atoms with Gasteiger partial charge in [-0.25, -0.2) is 14.6 Å². The van der Waals surface area contributed by atoms with Crippen molar-refractivity contribution in [3.8, 4) is 23.0 Å². The molecule has 0 unspecified atom stereocenters. The number of aryl methyl sites for hydroxylation is 1. The lowest BCUT2D eigenvalue weighted by Crippen LogP contribution is -2.16. The largest absolute Gasteiger partial charge is 0.540 e. The Bertz CT molecular complexity index is 1590. The molecular formula is C30H27BN2O9S. The smallest absolute Gasteiger partial charge is 0.378 e. The Hall–Kier alpha value is -5.04. The molecule has 0 amide bonds. The van der Waals surface area contributed by atoms with Crippen LogP contribution in [-0.4, -0.2) is 50.0 Å². The lowest BCUT2D eigenvalue weighted by atomic mass is 10.1. The van der Waals surface area contributed by atoms with Gasteiger partial charge in [-0.1, -0.05) is 35.5 Å². The predicted molar refractivity (Wildman–Crippen MR) is 158 cm³/mol. The van der Waals surface area contributed by atoms with Crippen LogP contribution in [0.4, 0.5) is 0 Å². The van der Waals surface area contributed by atoms with Gasteiger partial charge in [0.15, 0.2) is 11.5 Å². The highest BCUT2D eigenvalue weighted by atomic mass is 32.1. The fourth-order valence-corrected chi connectivity index (χ4v) is 4.46.